The maximum absolute atomic E-state index is 12.1. The third-order valence-corrected chi connectivity index (χ3v) is 7.93. The van der Waals surface area contributed by atoms with E-state index in [4.69, 9.17) is 42.4 Å². The van der Waals surface area contributed by atoms with E-state index in [1.807, 2.05) is 42.1 Å². The second-order valence-corrected chi connectivity index (χ2v) is 11.0. The fourth-order valence-electron chi connectivity index (χ4n) is 4.83. The van der Waals surface area contributed by atoms with Crippen molar-refractivity contribution in [2.45, 2.75) is 20.0 Å². The van der Waals surface area contributed by atoms with Crippen LogP contribution in [0.25, 0.3) is 22.0 Å². The van der Waals surface area contributed by atoms with Gasteiger partial charge < -0.3 is 30.2 Å². The highest BCUT2D eigenvalue weighted by atomic mass is 35.5. The first-order valence-corrected chi connectivity index (χ1v) is 15.0. The van der Waals surface area contributed by atoms with E-state index in [1.165, 1.54) is 20.3 Å². The van der Waals surface area contributed by atoms with E-state index in [9.17, 15) is 4.79 Å². The number of aromatic nitrogens is 4. The van der Waals surface area contributed by atoms with Crippen LogP contribution in [0.1, 0.15) is 11.1 Å². The Hall–Kier alpha value is -4.84. The van der Waals surface area contributed by atoms with Gasteiger partial charge in [-0.15, -0.1) is 0 Å². The molecule has 0 unspecified atom stereocenters. The van der Waals surface area contributed by atoms with Crippen molar-refractivity contribution in [3.8, 4) is 22.8 Å². The van der Waals surface area contributed by atoms with Crippen molar-refractivity contribution in [2.75, 3.05) is 43.9 Å². The molecule has 0 radical (unpaired) electrons. The zero-order chi connectivity index (χ0) is 32.8. The van der Waals surface area contributed by atoms with Crippen molar-refractivity contribution in [2.24, 2.45) is 0 Å². The van der Waals surface area contributed by atoms with Gasteiger partial charge in [-0.3, -0.25) is 9.48 Å². The number of carbonyl (C=O) groups is 1. The summed E-state index contributed by atoms with van der Waals surface area (Å²) in [6.45, 7) is 7.11. The Labute approximate surface area is 276 Å². The fraction of sp³-hybridized carbons (Fsp3) is 0.212. The average molecular weight is 663 g/mol. The van der Waals surface area contributed by atoms with E-state index >= 15 is 0 Å². The molecule has 238 valence electrons. The highest BCUT2D eigenvalue weighted by Gasteiger charge is 2.22. The zero-order valence-electron chi connectivity index (χ0n) is 25.8. The largest absolute Gasteiger partial charge is 0.495 e. The molecular weight excluding hydrogens is 629 g/mol. The molecule has 46 heavy (non-hydrogen) atoms. The van der Waals surface area contributed by atoms with Crippen molar-refractivity contribution < 1.29 is 19.0 Å². The molecule has 0 saturated heterocycles. The van der Waals surface area contributed by atoms with Crippen molar-refractivity contribution in [1.82, 2.24) is 19.7 Å². The molecule has 3 heterocycles. The van der Waals surface area contributed by atoms with Crippen LogP contribution in [0, 0.1) is 6.92 Å². The van der Waals surface area contributed by atoms with E-state index in [1.54, 1.807) is 31.6 Å². The number of hydrogen-bond acceptors (Lipinski definition) is 9. The van der Waals surface area contributed by atoms with Crippen LogP contribution in [0.4, 0.5) is 23.0 Å². The summed E-state index contributed by atoms with van der Waals surface area (Å²) in [5, 5.41) is 16.2. The molecule has 1 amide bonds. The Morgan fingerprint density at radius 3 is 2.52 bits per heavy atom. The molecule has 0 bridgehead atoms. The molecule has 13 heteroatoms. The molecule has 0 fully saturated rings. The number of benzene rings is 2. The number of aryl methyl sites for hydroxylation is 1. The second kappa shape index (κ2) is 14.5. The molecule has 11 nitrogen and oxygen atoms in total. The summed E-state index contributed by atoms with van der Waals surface area (Å²) >= 11 is 13.6. The molecule has 0 spiro atoms. The topological polar surface area (TPSA) is 124 Å². The van der Waals surface area contributed by atoms with Gasteiger partial charge in [-0.2, -0.15) is 5.10 Å². The number of halogens is 2. The third-order valence-electron chi connectivity index (χ3n) is 7.18. The van der Waals surface area contributed by atoms with Crippen LogP contribution >= 0.6 is 23.2 Å². The number of carbonyl (C=O) groups excluding carboxylic acids is 1. The van der Waals surface area contributed by atoms with Crippen molar-refractivity contribution in [3.63, 3.8) is 0 Å². The van der Waals surface area contributed by atoms with E-state index in [-0.39, 0.29) is 5.91 Å². The summed E-state index contributed by atoms with van der Waals surface area (Å²) in [6.07, 6.45) is 6.70. The van der Waals surface area contributed by atoms with E-state index in [2.05, 4.69) is 32.6 Å². The smallest absolute Gasteiger partial charge is 0.247 e. The number of para-hydroxylation sites is 1. The number of nitrogens with one attached hydrogen (secondary N) is 3. The SMILES string of the molecule is C=CC(=O)Nc1cccc(C)c1Nc1cc2c(NCc3cnn(CCOC)c3)nc(-c3c(Cl)c(OC)cc(OC)c3Cl)cc2cn1. The molecule has 3 aromatic heterocycles. The Bertz CT molecular complexity index is 1880. The number of anilines is 4. The van der Waals surface area contributed by atoms with Crippen LogP contribution in [-0.2, 0) is 22.6 Å². The van der Waals surface area contributed by atoms with Crippen LogP contribution in [0.2, 0.25) is 10.0 Å². The molecule has 0 saturated carbocycles. The van der Waals surface area contributed by atoms with E-state index < -0.39 is 0 Å². The van der Waals surface area contributed by atoms with Crippen LogP contribution in [0.15, 0.2) is 67.6 Å². The molecule has 0 aliphatic carbocycles. The van der Waals surface area contributed by atoms with Gasteiger partial charge in [-0.05, 0) is 36.8 Å². The van der Waals surface area contributed by atoms with Gasteiger partial charge in [0.2, 0.25) is 5.91 Å². The van der Waals surface area contributed by atoms with Gasteiger partial charge in [0.1, 0.15) is 23.1 Å². The molecule has 0 atom stereocenters. The number of hydrogen-bond donors (Lipinski definition) is 3. The Morgan fingerprint density at radius 2 is 1.83 bits per heavy atom. The standard InChI is InChI=1S/C33H33Cl2N7O4/c1-6-28(43)39-23-9-7-8-19(2)32(23)41-27-13-22-21(17-36-27)12-24(29-30(34)25(45-4)14-26(46-5)31(29)35)40-33(22)37-15-20-16-38-42(18-20)10-11-44-3/h6-9,12-14,16-18H,1,10-11,15H2,2-5H3,(H,36,41)(H,37,40)(H,39,43). The normalized spacial score (nSPS) is 10.9. The number of methoxy groups -OCH3 is 3. The van der Waals surface area contributed by atoms with Crippen LogP contribution in [-0.4, -0.2) is 53.6 Å². The number of rotatable bonds is 13. The first kappa shape index (κ1) is 32.6. The number of nitrogens with zero attached hydrogens (tertiary/aromatic N) is 4. The first-order valence-electron chi connectivity index (χ1n) is 14.2. The van der Waals surface area contributed by atoms with Gasteiger partial charge in [-0.25, -0.2) is 9.97 Å². The fourth-order valence-corrected chi connectivity index (χ4v) is 5.52. The molecule has 2 aromatic carbocycles. The Balaban J connectivity index is 1.60. The third kappa shape index (κ3) is 7.02. The van der Waals surface area contributed by atoms with Crippen molar-refractivity contribution >= 4 is 62.9 Å². The van der Waals surface area contributed by atoms with Gasteiger partial charge in [-0.1, -0.05) is 41.9 Å². The maximum Gasteiger partial charge on any atom is 0.247 e. The Morgan fingerprint density at radius 1 is 1.07 bits per heavy atom. The highest BCUT2D eigenvalue weighted by Crippen LogP contribution is 2.46. The summed E-state index contributed by atoms with van der Waals surface area (Å²) in [4.78, 5) is 21.8. The zero-order valence-corrected chi connectivity index (χ0v) is 27.3. The minimum Gasteiger partial charge on any atom is -0.495 e. The molecular formula is C33H33Cl2N7O4. The number of pyridine rings is 2. The summed E-state index contributed by atoms with van der Waals surface area (Å²) in [6, 6.07) is 11.0. The van der Waals surface area contributed by atoms with Gasteiger partial charge >= 0.3 is 0 Å². The van der Waals surface area contributed by atoms with E-state index in [0.29, 0.717) is 75.5 Å². The minimum atomic E-state index is -0.319. The molecule has 5 rings (SSSR count). The van der Waals surface area contributed by atoms with Gasteiger partial charge in [0, 0.05) is 54.0 Å². The monoisotopic (exact) mass is 661 g/mol. The molecule has 0 aliphatic rings. The highest BCUT2D eigenvalue weighted by molar-refractivity contribution is 6.41. The predicted molar refractivity (Wildman–Crippen MR) is 183 cm³/mol. The van der Waals surface area contributed by atoms with Gasteiger partial charge in [0.25, 0.3) is 0 Å². The molecule has 5 aromatic rings. The number of amides is 1. The minimum absolute atomic E-state index is 0.297. The van der Waals surface area contributed by atoms with Crippen LogP contribution < -0.4 is 25.4 Å². The average Bonchev–Trinajstić information content (AvgIpc) is 3.52. The maximum atomic E-state index is 12.1. The lowest BCUT2D eigenvalue weighted by Gasteiger charge is -2.18. The van der Waals surface area contributed by atoms with Crippen molar-refractivity contribution in [3.05, 3.63) is 88.8 Å². The lowest BCUT2D eigenvalue weighted by atomic mass is 10.1. The van der Waals surface area contributed by atoms with Crippen molar-refractivity contribution in [1.29, 1.82) is 0 Å². The summed E-state index contributed by atoms with van der Waals surface area (Å²) in [5.74, 6) is 1.57. The Kier molecular flexibility index (Phi) is 10.3. The number of fused-ring (bicyclic) bond motifs is 1. The second-order valence-electron chi connectivity index (χ2n) is 10.2. The number of ether oxygens (including phenoxy) is 3. The quantitative estimate of drug-likeness (QED) is 0.112. The summed E-state index contributed by atoms with van der Waals surface area (Å²) in [5.41, 5.74) is 4.12. The lowest BCUT2D eigenvalue weighted by molar-refractivity contribution is -0.111. The summed E-state index contributed by atoms with van der Waals surface area (Å²) < 4.78 is 18.0. The lowest BCUT2D eigenvalue weighted by Crippen LogP contribution is -2.10. The van der Waals surface area contributed by atoms with Crippen LogP contribution in [0.5, 0.6) is 11.5 Å². The van der Waals surface area contributed by atoms with Gasteiger partial charge in [0.15, 0.2) is 0 Å². The molecule has 3 N–H and O–H groups in total. The van der Waals surface area contributed by atoms with Gasteiger partial charge in [0.05, 0.1) is 60.7 Å². The first-order chi connectivity index (χ1) is 22.3. The van der Waals surface area contributed by atoms with Crippen LogP contribution in [0.3, 0.4) is 0 Å². The molecule has 0 aliphatic heterocycles. The summed E-state index contributed by atoms with van der Waals surface area (Å²) in [7, 11) is 4.70. The van der Waals surface area contributed by atoms with E-state index in [0.717, 1.165) is 21.9 Å². The predicted octanol–water partition coefficient (Wildman–Crippen LogP) is 7.25.